The van der Waals surface area contributed by atoms with E-state index in [-0.39, 0.29) is 0 Å². The van der Waals surface area contributed by atoms with Crippen molar-refractivity contribution in [1.29, 1.82) is 0 Å². The predicted molar refractivity (Wildman–Crippen MR) is 101 cm³/mol. The van der Waals surface area contributed by atoms with E-state index in [0.29, 0.717) is 13.2 Å². The second-order valence-corrected chi connectivity index (χ2v) is 6.09. The molecule has 0 aliphatic heterocycles. The van der Waals surface area contributed by atoms with E-state index in [0.717, 1.165) is 39.5 Å². The Bertz CT molecular complexity index is 1010. The van der Waals surface area contributed by atoms with Crippen LogP contribution >= 0.6 is 0 Å². The monoisotopic (exact) mass is 345 g/mol. The Morgan fingerprint density at radius 2 is 1.81 bits per heavy atom. The molecule has 4 aromatic rings. The van der Waals surface area contributed by atoms with Gasteiger partial charge in [-0.15, -0.1) is 0 Å². The first-order valence-electron chi connectivity index (χ1n) is 8.50. The van der Waals surface area contributed by atoms with E-state index < -0.39 is 0 Å². The summed E-state index contributed by atoms with van der Waals surface area (Å²) >= 11 is 0. The molecule has 0 radical (unpaired) electrons. The van der Waals surface area contributed by atoms with Crippen molar-refractivity contribution in [3.05, 3.63) is 83.9 Å². The van der Waals surface area contributed by atoms with Gasteiger partial charge >= 0.3 is 0 Å². The second kappa shape index (κ2) is 7.27. The van der Waals surface area contributed by atoms with Crippen molar-refractivity contribution in [2.75, 3.05) is 5.32 Å². The lowest BCUT2D eigenvalue weighted by molar-refractivity contribution is 0.302. The van der Waals surface area contributed by atoms with Gasteiger partial charge in [-0.05, 0) is 43.3 Å². The van der Waals surface area contributed by atoms with Crippen LogP contribution in [-0.4, -0.2) is 10.1 Å². The molecule has 5 heteroatoms. The fourth-order valence-electron chi connectivity index (χ4n) is 2.71. The highest BCUT2D eigenvalue weighted by Gasteiger charge is 2.02. The van der Waals surface area contributed by atoms with Crippen molar-refractivity contribution in [2.45, 2.75) is 20.1 Å². The maximum Gasteiger partial charge on any atom is 0.133 e. The molecule has 0 spiro atoms. The molecule has 0 atom stereocenters. The number of hydrogen-bond acceptors (Lipinski definition) is 5. The van der Waals surface area contributed by atoms with Crippen LogP contribution < -0.4 is 10.1 Å². The second-order valence-electron chi connectivity index (χ2n) is 6.09. The zero-order valence-corrected chi connectivity index (χ0v) is 14.5. The van der Waals surface area contributed by atoms with Crippen LogP contribution in [0.4, 0.5) is 5.69 Å². The van der Waals surface area contributed by atoms with Crippen LogP contribution in [0, 0.1) is 6.92 Å². The van der Waals surface area contributed by atoms with Gasteiger partial charge in [0.15, 0.2) is 0 Å². The maximum absolute atomic E-state index is 5.84. The third-order valence-corrected chi connectivity index (χ3v) is 4.05. The van der Waals surface area contributed by atoms with Gasteiger partial charge in [0.25, 0.3) is 0 Å². The Labute approximate surface area is 151 Å². The molecule has 26 heavy (non-hydrogen) atoms. The topological polar surface area (TPSA) is 60.2 Å². The normalized spacial score (nSPS) is 10.8. The summed E-state index contributed by atoms with van der Waals surface area (Å²) in [6.45, 7) is 2.95. The minimum absolute atomic E-state index is 0.440. The number of para-hydroxylation sites is 1. The lowest BCUT2D eigenvalue weighted by Crippen LogP contribution is -2.00. The van der Waals surface area contributed by atoms with Crippen molar-refractivity contribution >= 4 is 16.6 Å². The molecule has 0 unspecified atom stereocenters. The number of nitrogens with zero attached hydrogens (tertiary/aromatic N) is 2. The summed E-state index contributed by atoms with van der Waals surface area (Å²) in [7, 11) is 0. The first-order valence-corrected chi connectivity index (χ1v) is 8.50. The van der Waals surface area contributed by atoms with Crippen molar-refractivity contribution in [3.8, 4) is 5.75 Å². The van der Waals surface area contributed by atoms with Crippen molar-refractivity contribution in [3.63, 3.8) is 0 Å². The quantitative estimate of drug-likeness (QED) is 0.548. The predicted octanol–water partition coefficient (Wildman–Crippen LogP) is 4.72. The molecular weight excluding hydrogens is 326 g/mol. The van der Waals surface area contributed by atoms with Crippen LogP contribution in [0.3, 0.4) is 0 Å². The zero-order valence-electron chi connectivity index (χ0n) is 14.5. The third-order valence-electron chi connectivity index (χ3n) is 4.05. The average molecular weight is 345 g/mol. The molecule has 130 valence electrons. The third kappa shape index (κ3) is 3.83. The van der Waals surface area contributed by atoms with Crippen LogP contribution in [0.2, 0.25) is 0 Å². The first-order chi connectivity index (χ1) is 12.8. The van der Waals surface area contributed by atoms with E-state index in [1.165, 1.54) is 0 Å². The molecule has 0 saturated carbocycles. The van der Waals surface area contributed by atoms with Gasteiger partial charge in [0.2, 0.25) is 0 Å². The number of pyridine rings is 1. The van der Waals surface area contributed by atoms with Crippen LogP contribution in [0.15, 0.2) is 71.3 Å². The molecule has 4 rings (SSSR count). The lowest BCUT2D eigenvalue weighted by Gasteiger charge is -2.08. The number of nitrogens with one attached hydrogen (secondary N) is 1. The van der Waals surface area contributed by atoms with E-state index in [1.54, 1.807) is 0 Å². The number of benzene rings is 2. The SMILES string of the molecule is Cc1cc(CNc2ccc(OCc3ccc4ccccc4n3)cc2)no1. The summed E-state index contributed by atoms with van der Waals surface area (Å²) in [4.78, 5) is 4.62. The molecular formula is C21H19N3O2. The van der Waals surface area contributed by atoms with Crippen molar-refractivity contribution < 1.29 is 9.26 Å². The summed E-state index contributed by atoms with van der Waals surface area (Å²) in [5, 5.41) is 8.40. The summed E-state index contributed by atoms with van der Waals surface area (Å²) < 4.78 is 10.9. The minimum Gasteiger partial charge on any atom is -0.487 e. The number of anilines is 1. The Morgan fingerprint density at radius 3 is 2.62 bits per heavy atom. The number of fused-ring (bicyclic) bond motifs is 1. The van der Waals surface area contributed by atoms with Gasteiger partial charge in [0.05, 0.1) is 17.8 Å². The molecule has 5 nitrogen and oxygen atoms in total. The Hall–Kier alpha value is -3.34. The van der Waals surface area contributed by atoms with E-state index in [4.69, 9.17) is 9.26 Å². The molecule has 2 aromatic carbocycles. The smallest absolute Gasteiger partial charge is 0.133 e. The molecule has 0 saturated heterocycles. The Kier molecular flexibility index (Phi) is 4.51. The molecule has 0 fully saturated rings. The number of ether oxygens (including phenoxy) is 1. The highest BCUT2D eigenvalue weighted by atomic mass is 16.5. The van der Waals surface area contributed by atoms with Crippen molar-refractivity contribution in [1.82, 2.24) is 10.1 Å². The lowest BCUT2D eigenvalue weighted by atomic mass is 10.2. The standard InChI is InChI=1S/C21H19N3O2/c1-15-12-19(24-26-15)13-22-17-8-10-20(11-9-17)25-14-18-7-6-16-4-2-3-5-21(16)23-18/h2-12,22H,13-14H2,1H3. The molecule has 1 N–H and O–H groups in total. The highest BCUT2D eigenvalue weighted by Crippen LogP contribution is 2.18. The Morgan fingerprint density at radius 1 is 0.962 bits per heavy atom. The van der Waals surface area contributed by atoms with Crippen LogP contribution in [-0.2, 0) is 13.2 Å². The van der Waals surface area contributed by atoms with Crippen LogP contribution in [0.5, 0.6) is 5.75 Å². The summed E-state index contributed by atoms with van der Waals surface area (Å²) in [5.41, 5.74) is 3.77. The molecule has 0 aliphatic rings. The minimum atomic E-state index is 0.440. The zero-order chi connectivity index (χ0) is 17.8. The summed E-state index contributed by atoms with van der Waals surface area (Å²) in [5.74, 6) is 1.62. The van der Waals surface area contributed by atoms with E-state index in [2.05, 4.69) is 27.6 Å². The molecule has 0 amide bonds. The number of rotatable bonds is 6. The molecule has 0 bridgehead atoms. The van der Waals surface area contributed by atoms with Crippen molar-refractivity contribution in [2.24, 2.45) is 0 Å². The first kappa shape index (κ1) is 16.1. The van der Waals surface area contributed by atoms with Gasteiger partial charge in [0, 0.05) is 17.1 Å². The number of hydrogen-bond donors (Lipinski definition) is 1. The maximum atomic E-state index is 5.84. The van der Waals surface area contributed by atoms with Gasteiger partial charge < -0.3 is 14.6 Å². The molecule has 2 heterocycles. The Balaban J connectivity index is 1.34. The summed E-state index contributed by atoms with van der Waals surface area (Å²) in [6, 6.07) is 21.9. The van der Waals surface area contributed by atoms with E-state index >= 15 is 0 Å². The van der Waals surface area contributed by atoms with Gasteiger partial charge in [0.1, 0.15) is 23.8 Å². The average Bonchev–Trinajstić information content (AvgIpc) is 3.10. The fraction of sp³-hybridized carbons (Fsp3) is 0.143. The van der Waals surface area contributed by atoms with Crippen LogP contribution in [0.1, 0.15) is 17.1 Å². The molecule has 2 aromatic heterocycles. The highest BCUT2D eigenvalue weighted by molar-refractivity contribution is 5.78. The van der Waals surface area contributed by atoms with Gasteiger partial charge in [-0.2, -0.15) is 0 Å². The van der Waals surface area contributed by atoms with E-state index in [1.807, 2.05) is 61.5 Å². The number of aromatic nitrogens is 2. The van der Waals surface area contributed by atoms with Gasteiger partial charge in [-0.1, -0.05) is 29.4 Å². The van der Waals surface area contributed by atoms with Gasteiger partial charge in [-0.3, -0.25) is 0 Å². The van der Waals surface area contributed by atoms with Gasteiger partial charge in [-0.25, -0.2) is 4.98 Å². The number of aryl methyl sites for hydroxylation is 1. The molecule has 0 aliphatic carbocycles. The van der Waals surface area contributed by atoms with E-state index in [9.17, 15) is 0 Å². The van der Waals surface area contributed by atoms with Crippen LogP contribution in [0.25, 0.3) is 10.9 Å². The fourth-order valence-corrected chi connectivity index (χ4v) is 2.71. The largest absolute Gasteiger partial charge is 0.487 e. The summed E-state index contributed by atoms with van der Waals surface area (Å²) in [6.07, 6.45) is 0.